The topological polar surface area (TPSA) is 78.9 Å². The number of benzene rings is 3. The molecule has 0 radical (unpaired) electrons. The smallest absolute Gasteiger partial charge is 0.400 e. The molecule has 0 atom stereocenters. The van der Waals surface area contributed by atoms with Crippen LogP contribution in [0.2, 0.25) is 0 Å². The molecule has 3 rings (SSSR count). The van der Waals surface area contributed by atoms with Gasteiger partial charge in [-0.3, -0.25) is 4.79 Å². The van der Waals surface area contributed by atoms with Gasteiger partial charge in [0.15, 0.2) is 0 Å². The van der Waals surface area contributed by atoms with E-state index in [2.05, 4.69) is 4.18 Å². The third-order valence-corrected chi connectivity index (χ3v) is 5.85. The second-order valence-corrected chi connectivity index (χ2v) is 8.49. The van der Waals surface area contributed by atoms with Crippen LogP contribution in [-0.2, 0) is 41.5 Å². The van der Waals surface area contributed by atoms with Crippen LogP contribution in [0, 0.1) is 6.92 Å². The Bertz CT molecular complexity index is 1090. The predicted molar refractivity (Wildman–Crippen MR) is 121 cm³/mol. The van der Waals surface area contributed by atoms with E-state index in [0.717, 1.165) is 22.3 Å². The van der Waals surface area contributed by atoms with Gasteiger partial charge in [-0.25, -0.2) is 8.37 Å². The lowest BCUT2D eigenvalue weighted by molar-refractivity contribution is -0.145. The summed E-state index contributed by atoms with van der Waals surface area (Å²) in [6.45, 7) is 3.36. The zero-order valence-electron chi connectivity index (χ0n) is 18.1. The molecule has 0 heterocycles. The summed E-state index contributed by atoms with van der Waals surface area (Å²) in [6.07, 6.45) is 0. The molecule has 0 fully saturated rings. The standard InChI is InChI=1S/C25H26O6S/c1-3-30-32(27,28)31-17-20-15-14-19(2)23(16-20)18-29-25(26)24(21-10-6-4-7-11-21)22-12-8-5-9-13-22/h4-16,24H,3,17-18H2,1-2H3. The number of rotatable bonds is 10. The van der Waals surface area contributed by atoms with Crippen molar-refractivity contribution in [2.45, 2.75) is 33.0 Å². The van der Waals surface area contributed by atoms with Gasteiger partial charge in [0.05, 0.1) is 13.2 Å². The van der Waals surface area contributed by atoms with E-state index in [9.17, 15) is 13.2 Å². The molecule has 7 heteroatoms. The van der Waals surface area contributed by atoms with Crippen LogP contribution in [0.4, 0.5) is 0 Å². The van der Waals surface area contributed by atoms with Gasteiger partial charge in [0.2, 0.25) is 0 Å². The Balaban J connectivity index is 1.74. The second-order valence-electron chi connectivity index (χ2n) is 7.20. The van der Waals surface area contributed by atoms with Gasteiger partial charge in [-0.1, -0.05) is 72.8 Å². The van der Waals surface area contributed by atoms with E-state index in [1.165, 1.54) is 0 Å². The minimum absolute atomic E-state index is 0.00142. The maximum atomic E-state index is 13.1. The largest absolute Gasteiger partial charge is 0.460 e. The molecule has 32 heavy (non-hydrogen) atoms. The lowest BCUT2D eigenvalue weighted by Gasteiger charge is -2.18. The number of ether oxygens (including phenoxy) is 1. The van der Waals surface area contributed by atoms with Gasteiger partial charge < -0.3 is 4.74 Å². The quantitative estimate of drug-likeness (QED) is 0.414. The Hall–Kier alpha value is -3.00. The molecule has 0 amide bonds. The van der Waals surface area contributed by atoms with E-state index in [0.29, 0.717) is 5.56 Å². The monoisotopic (exact) mass is 454 g/mol. The number of esters is 1. The van der Waals surface area contributed by atoms with Crippen molar-refractivity contribution < 1.29 is 26.3 Å². The van der Waals surface area contributed by atoms with E-state index in [-0.39, 0.29) is 25.8 Å². The summed E-state index contributed by atoms with van der Waals surface area (Å²) < 4.78 is 38.3. The third kappa shape index (κ3) is 6.50. The predicted octanol–water partition coefficient (Wildman–Crippen LogP) is 4.67. The molecule has 0 N–H and O–H groups in total. The SMILES string of the molecule is CCOS(=O)(=O)OCc1ccc(C)c(COC(=O)C(c2ccccc2)c2ccccc2)c1. The summed E-state index contributed by atoms with van der Waals surface area (Å²) in [5.74, 6) is -0.900. The van der Waals surface area contributed by atoms with Crippen molar-refractivity contribution in [1.82, 2.24) is 0 Å². The van der Waals surface area contributed by atoms with Crippen LogP contribution in [0.25, 0.3) is 0 Å². The minimum Gasteiger partial charge on any atom is -0.460 e. The number of carbonyl (C=O) groups is 1. The maximum Gasteiger partial charge on any atom is 0.400 e. The molecule has 0 aliphatic carbocycles. The van der Waals surface area contributed by atoms with Crippen LogP contribution in [0.1, 0.15) is 40.7 Å². The molecule has 0 saturated heterocycles. The van der Waals surface area contributed by atoms with Crippen molar-refractivity contribution in [2.75, 3.05) is 6.61 Å². The summed E-state index contributed by atoms with van der Waals surface area (Å²) in [5, 5.41) is 0. The molecule has 0 aliphatic rings. The van der Waals surface area contributed by atoms with E-state index in [4.69, 9.17) is 8.92 Å². The minimum atomic E-state index is -4.04. The average molecular weight is 455 g/mol. The normalized spacial score (nSPS) is 11.5. The van der Waals surface area contributed by atoms with Gasteiger partial charge in [-0.15, -0.1) is 0 Å². The van der Waals surface area contributed by atoms with Crippen LogP contribution in [0.5, 0.6) is 0 Å². The lowest BCUT2D eigenvalue weighted by atomic mass is 9.91. The summed E-state index contributed by atoms with van der Waals surface area (Å²) in [7, 11) is -4.04. The zero-order chi connectivity index (χ0) is 23.0. The fraction of sp³-hybridized carbons (Fsp3) is 0.240. The van der Waals surface area contributed by atoms with E-state index >= 15 is 0 Å². The van der Waals surface area contributed by atoms with Crippen LogP contribution >= 0.6 is 0 Å². The second kappa shape index (κ2) is 11.0. The zero-order valence-corrected chi connectivity index (χ0v) is 18.9. The Morgan fingerprint density at radius 1 is 0.844 bits per heavy atom. The fourth-order valence-electron chi connectivity index (χ4n) is 3.28. The first-order chi connectivity index (χ1) is 15.4. The molecular weight excluding hydrogens is 428 g/mol. The van der Waals surface area contributed by atoms with Gasteiger partial charge in [-0.05, 0) is 47.7 Å². The molecule has 0 aliphatic heterocycles. The van der Waals surface area contributed by atoms with Gasteiger partial charge >= 0.3 is 16.4 Å². The summed E-state index contributed by atoms with van der Waals surface area (Å²) in [6, 6.07) is 24.4. The first-order valence-electron chi connectivity index (χ1n) is 10.3. The number of hydrogen-bond donors (Lipinski definition) is 0. The molecule has 6 nitrogen and oxygen atoms in total. The molecule has 0 saturated carbocycles. The van der Waals surface area contributed by atoms with Crippen molar-refractivity contribution in [3.63, 3.8) is 0 Å². The molecule has 3 aromatic carbocycles. The van der Waals surface area contributed by atoms with E-state index < -0.39 is 16.3 Å². The van der Waals surface area contributed by atoms with Gasteiger partial charge in [-0.2, -0.15) is 8.42 Å². The third-order valence-electron chi connectivity index (χ3n) is 4.92. The molecule has 0 aromatic heterocycles. The molecule has 3 aromatic rings. The van der Waals surface area contributed by atoms with Gasteiger partial charge in [0.1, 0.15) is 12.5 Å². The van der Waals surface area contributed by atoms with Crippen molar-refractivity contribution in [2.24, 2.45) is 0 Å². The van der Waals surface area contributed by atoms with E-state index in [1.807, 2.05) is 73.7 Å². The van der Waals surface area contributed by atoms with Crippen LogP contribution in [-0.4, -0.2) is 21.0 Å². The van der Waals surface area contributed by atoms with Crippen molar-refractivity contribution in [1.29, 1.82) is 0 Å². The average Bonchev–Trinajstić information content (AvgIpc) is 2.79. The summed E-state index contributed by atoms with van der Waals surface area (Å²) in [5.41, 5.74) is 4.03. The lowest BCUT2D eigenvalue weighted by Crippen LogP contribution is -2.17. The first kappa shape index (κ1) is 23.7. The van der Waals surface area contributed by atoms with Crippen molar-refractivity contribution in [3.8, 4) is 0 Å². The Labute approximate surface area is 189 Å². The number of carbonyl (C=O) groups excluding carboxylic acids is 1. The molecule has 168 valence electrons. The maximum absolute atomic E-state index is 13.1. The number of hydrogen-bond acceptors (Lipinski definition) is 6. The first-order valence-corrected chi connectivity index (χ1v) is 11.6. The van der Waals surface area contributed by atoms with Crippen molar-refractivity contribution in [3.05, 3.63) is 107 Å². The van der Waals surface area contributed by atoms with E-state index in [1.54, 1.807) is 19.1 Å². The highest BCUT2D eigenvalue weighted by molar-refractivity contribution is 7.81. The highest BCUT2D eigenvalue weighted by atomic mass is 32.3. The van der Waals surface area contributed by atoms with Crippen LogP contribution in [0.3, 0.4) is 0 Å². The van der Waals surface area contributed by atoms with Gasteiger partial charge in [0.25, 0.3) is 0 Å². The molecular formula is C25H26O6S. The number of aryl methyl sites for hydroxylation is 1. The molecule has 0 spiro atoms. The highest BCUT2D eigenvalue weighted by Gasteiger charge is 2.24. The fourth-order valence-corrected chi connectivity index (χ4v) is 3.91. The Kier molecular flexibility index (Phi) is 8.16. The highest BCUT2D eigenvalue weighted by Crippen LogP contribution is 2.26. The van der Waals surface area contributed by atoms with Crippen LogP contribution < -0.4 is 0 Å². The van der Waals surface area contributed by atoms with Gasteiger partial charge in [0, 0.05) is 0 Å². The van der Waals surface area contributed by atoms with Crippen LogP contribution in [0.15, 0.2) is 78.9 Å². The Morgan fingerprint density at radius 3 is 2.00 bits per heavy atom. The summed E-state index contributed by atoms with van der Waals surface area (Å²) >= 11 is 0. The summed E-state index contributed by atoms with van der Waals surface area (Å²) in [4.78, 5) is 13.1. The Morgan fingerprint density at radius 2 is 1.44 bits per heavy atom. The molecule has 0 bridgehead atoms. The molecule has 0 unspecified atom stereocenters. The van der Waals surface area contributed by atoms with Crippen molar-refractivity contribution >= 4 is 16.4 Å².